The van der Waals surface area contributed by atoms with Gasteiger partial charge in [-0.15, -0.1) is 0 Å². The molecule has 0 saturated carbocycles. The van der Waals surface area contributed by atoms with Crippen LogP contribution < -0.4 is 5.32 Å². The number of benzene rings is 1. The van der Waals surface area contributed by atoms with E-state index in [0.717, 1.165) is 15.8 Å². The second-order valence-electron chi connectivity index (χ2n) is 4.39. The molecule has 5 heteroatoms. The molecule has 2 aromatic rings. The van der Waals surface area contributed by atoms with Gasteiger partial charge in [0.05, 0.1) is 10.2 Å². The quantitative estimate of drug-likeness (QED) is 0.864. The van der Waals surface area contributed by atoms with Crippen molar-refractivity contribution >= 4 is 32.7 Å². The topological polar surface area (TPSA) is 45.2 Å². The number of nitrogens with zero attached hydrogens (tertiary/aromatic N) is 2. The maximum Gasteiger partial charge on any atom is 0.323 e. The van der Waals surface area contributed by atoms with Crippen LogP contribution in [0.3, 0.4) is 0 Å². The molecule has 1 aromatic heterocycles. The van der Waals surface area contributed by atoms with Gasteiger partial charge in [0.1, 0.15) is 0 Å². The fourth-order valence-corrected chi connectivity index (χ4v) is 2.60. The van der Waals surface area contributed by atoms with E-state index in [1.807, 2.05) is 38.1 Å². The number of hydrogen-bond acceptors (Lipinski definition) is 3. The predicted molar refractivity (Wildman–Crippen MR) is 80.7 cm³/mol. The first-order valence-electron chi connectivity index (χ1n) is 6.16. The molecule has 0 atom stereocenters. The number of carbonyl (C=O) groups is 1. The minimum absolute atomic E-state index is 0.135. The molecule has 2 amide bonds. The van der Waals surface area contributed by atoms with Crippen LogP contribution in [0.4, 0.5) is 9.93 Å². The van der Waals surface area contributed by atoms with Gasteiger partial charge in [0.15, 0.2) is 5.13 Å². The summed E-state index contributed by atoms with van der Waals surface area (Å²) in [6.07, 6.45) is 0. The van der Waals surface area contributed by atoms with E-state index in [9.17, 15) is 4.79 Å². The number of hydrogen-bond donors (Lipinski definition) is 1. The van der Waals surface area contributed by atoms with Crippen LogP contribution in [0, 0.1) is 0 Å². The summed E-state index contributed by atoms with van der Waals surface area (Å²) in [4.78, 5) is 18.2. The molecule has 0 bridgehead atoms. The summed E-state index contributed by atoms with van der Waals surface area (Å²) < 4.78 is 1.07. The van der Waals surface area contributed by atoms with Gasteiger partial charge < -0.3 is 4.90 Å². The Balaban J connectivity index is 2.11. The molecule has 0 radical (unpaired) electrons. The summed E-state index contributed by atoms with van der Waals surface area (Å²) in [7, 11) is 0. The number of anilines is 1. The lowest BCUT2D eigenvalue weighted by molar-refractivity contribution is 0.218. The molecule has 1 aromatic carbocycles. The zero-order chi connectivity index (χ0) is 13.8. The fourth-order valence-electron chi connectivity index (χ4n) is 1.75. The van der Waals surface area contributed by atoms with E-state index in [4.69, 9.17) is 0 Å². The molecule has 0 aliphatic carbocycles. The highest BCUT2D eigenvalue weighted by molar-refractivity contribution is 7.22. The molecule has 0 unspecified atom stereocenters. The third-order valence-electron chi connectivity index (χ3n) is 2.64. The Morgan fingerprint density at radius 1 is 1.47 bits per heavy atom. The monoisotopic (exact) mass is 275 g/mol. The molecule has 0 aliphatic heterocycles. The molecule has 19 heavy (non-hydrogen) atoms. The van der Waals surface area contributed by atoms with E-state index < -0.39 is 0 Å². The van der Waals surface area contributed by atoms with Crippen LogP contribution in [0.15, 0.2) is 36.4 Å². The first kappa shape index (κ1) is 13.5. The number of urea groups is 1. The molecule has 4 nitrogen and oxygen atoms in total. The summed E-state index contributed by atoms with van der Waals surface area (Å²) in [5.74, 6) is 0. The second kappa shape index (κ2) is 5.84. The number of para-hydroxylation sites is 1. The van der Waals surface area contributed by atoms with Crippen LogP contribution in [-0.2, 0) is 0 Å². The highest BCUT2D eigenvalue weighted by Gasteiger charge is 2.13. The number of likely N-dealkylation sites (N-methyl/N-ethyl adjacent to an activating group) is 1. The lowest BCUT2D eigenvalue weighted by atomic mass is 10.3. The average Bonchev–Trinajstić information content (AvgIpc) is 2.77. The molecule has 100 valence electrons. The van der Waals surface area contributed by atoms with Crippen molar-refractivity contribution in [3.8, 4) is 0 Å². The van der Waals surface area contributed by atoms with E-state index in [0.29, 0.717) is 18.2 Å². The standard InChI is InChI=1S/C14H17N3OS/c1-4-17(9-10(2)3)14(18)16-13-15-11-7-5-6-8-12(11)19-13/h5-8H,2,4,9H2,1,3H3,(H,15,16,18). The van der Waals surface area contributed by atoms with Crippen molar-refractivity contribution in [2.75, 3.05) is 18.4 Å². The van der Waals surface area contributed by atoms with E-state index >= 15 is 0 Å². The van der Waals surface area contributed by atoms with Crippen LogP contribution in [0.1, 0.15) is 13.8 Å². The zero-order valence-corrected chi connectivity index (χ0v) is 12.0. The molecule has 0 fully saturated rings. The summed E-state index contributed by atoms with van der Waals surface area (Å²) in [6.45, 7) is 8.89. The molecular weight excluding hydrogens is 258 g/mol. The van der Waals surface area contributed by atoms with Crippen LogP contribution in [0.5, 0.6) is 0 Å². The Bertz CT molecular complexity index is 573. The van der Waals surface area contributed by atoms with Crippen molar-refractivity contribution in [1.82, 2.24) is 9.88 Å². The van der Waals surface area contributed by atoms with E-state index in [1.54, 1.807) is 4.90 Å². The molecule has 1 N–H and O–H groups in total. The van der Waals surface area contributed by atoms with Gasteiger partial charge in [-0.1, -0.05) is 35.6 Å². The Morgan fingerprint density at radius 3 is 2.84 bits per heavy atom. The van der Waals surface area contributed by atoms with Crippen molar-refractivity contribution in [2.24, 2.45) is 0 Å². The first-order valence-corrected chi connectivity index (χ1v) is 6.97. The number of carbonyl (C=O) groups excluding carboxylic acids is 1. The van der Waals surface area contributed by atoms with Crippen molar-refractivity contribution < 1.29 is 4.79 Å². The Morgan fingerprint density at radius 2 is 2.21 bits per heavy atom. The van der Waals surface area contributed by atoms with Crippen molar-refractivity contribution in [3.05, 3.63) is 36.4 Å². The summed E-state index contributed by atoms with van der Waals surface area (Å²) >= 11 is 1.48. The largest absolute Gasteiger partial charge is 0.323 e. The highest BCUT2D eigenvalue weighted by atomic mass is 32.1. The van der Waals surface area contributed by atoms with Gasteiger partial charge in [0.2, 0.25) is 0 Å². The number of fused-ring (bicyclic) bond motifs is 1. The normalized spacial score (nSPS) is 10.4. The van der Waals surface area contributed by atoms with Gasteiger partial charge in [-0.05, 0) is 26.0 Å². The van der Waals surface area contributed by atoms with Crippen LogP contribution in [0.2, 0.25) is 0 Å². The SMILES string of the molecule is C=C(C)CN(CC)C(=O)Nc1nc2ccccc2s1. The lowest BCUT2D eigenvalue weighted by Gasteiger charge is -2.20. The van der Waals surface area contributed by atoms with E-state index in [-0.39, 0.29) is 6.03 Å². The lowest BCUT2D eigenvalue weighted by Crippen LogP contribution is -2.35. The molecule has 0 spiro atoms. The Hall–Kier alpha value is -1.88. The number of nitrogens with one attached hydrogen (secondary N) is 1. The summed E-state index contributed by atoms with van der Waals surface area (Å²) in [5, 5.41) is 3.47. The second-order valence-corrected chi connectivity index (χ2v) is 5.42. The smallest absolute Gasteiger partial charge is 0.321 e. The number of rotatable bonds is 4. The van der Waals surface area contributed by atoms with Gasteiger partial charge in [-0.2, -0.15) is 0 Å². The summed E-state index contributed by atoms with van der Waals surface area (Å²) in [5.41, 5.74) is 1.87. The molecule has 0 saturated heterocycles. The van der Waals surface area contributed by atoms with Gasteiger partial charge in [-0.3, -0.25) is 5.32 Å². The van der Waals surface area contributed by atoms with Crippen molar-refractivity contribution in [2.45, 2.75) is 13.8 Å². The van der Waals surface area contributed by atoms with Crippen molar-refractivity contribution in [3.63, 3.8) is 0 Å². The average molecular weight is 275 g/mol. The maximum absolute atomic E-state index is 12.1. The maximum atomic E-state index is 12.1. The molecule has 2 rings (SSSR count). The number of amides is 2. The van der Waals surface area contributed by atoms with E-state index in [2.05, 4.69) is 16.9 Å². The zero-order valence-electron chi connectivity index (χ0n) is 11.1. The Kier molecular flexibility index (Phi) is 4.16. The third-order valence-corrected chi connectivity index (χ3v) is 3.59. The van der Waals surface area contributed by atoms with Crippen LogP contribution in [0.25, 0.3) is 10.2 Å². The highest BCUT2D eigenvalue weighted by Crippen LogP contribution is 2.25. The van der Waals surface area contributed by atoms with Gasteiger partial charge in [-0.25, -0.2) is 9.78 Å². The van der Waals surface area contributed by atoms with Crippen LogP contribution in [-0.4, -0.2) is 29.0 Å². The fraction of sp³-hybridized carbons (Fsp3) is 0.286. The van der Waals surface area contributed by atoms with Gasteiger partial charge >= 0.3 is 6.03 Å². The number of thiazole rings is 1. The first-order chi connectivity index (χ1) is 9.10. The van der Waals surface area contributed by atoms with Crippen LogP contribution >= 0.6 is 11.3 Å². The molecular formula is C14H17N3OS. The van der Waals surface area contributed by atoms with Gasteiger partial charge in [0.25, 0.3) is 0 Å². The predicted octanol–water partition coefficient (Wildman–Crippen LogP) is 3.73. The number of aromatic nitrogens is 1. The summed E-state index contributed by atoms with van der Waals surface area (Å²) in [6, 6.07) is 7.70. The Labute approximate surface area is 116 Å². The van der Waals surface area contributed by atoms with Gasteiger partial charge in [0, 0.05) is 13.1 Å². The minimum atomic E-state index is -0.135. The molecule has 1 heterocycles. The van der Waals surface area contributed by atoms with E-state index in [1.165, 1.54) is 11.3 Å². The minimum Gasteiger partial charge on any atom is -0.321 e. The molecule has 0 aliphatic rings. The van der Waals surface area contributed by atoms with Crippen molar-refractivity contribution in [1.29, 1.82) is 0 Å². The third kappa shape index (κ3) is 3.32.